The molecule has 1 atom stereocenters. The van der Waals surface area contributed by atoms with Crippen molar-refractivity contribution < 1.29 is 32.1 Å². The second-order valence-corrected chi connectivity index (χ2v) is 9.68. The lowest BCUT2D eigenvalue weighted by Crippen LogP contribution is -2.58. The van der Waals surface area contributed by atoms with Crippen molar-refractivity contribution >= 4 is 24.4 Å². The molecular formula is C26H38BF3N2O4. The summed E-state index contributed by atoms with van der Waals surface area (Å²) in [5, 5.41) is 0. The third kappa shape index (κ3) is 5.30. The molecule has 1 unspecified atom stereocenters. The molecule has 2 aliphatic rings. The highest BCUT2D eigenvalue weighted by Crippen LogP contribution is 2.46. The third-order valence-electron chi connectivity index (χ3n) is 8.11. The highest BCUT2D eigenvalue weighted by Gasteiger charge is 2.58. The Balaban J connectivity index is 1.88. The Labute approximate surface area is 212 Å². The number of piperazine rings is 1. The highest BCUT2D eigenvalue weighted by atomic mass is 19.4. The van der Waals surface area contributed by atoms with Crippen LogP contribution in [0.2, 0.25) is 0 Å². The van der Waals surface area contributed by atoms with Gasteiger partial charge in [-0.05, 0) is 56.6 Å². The number of alkyl halides is 3. The lowest BCUT2D eigenvalue weighted by Gasteiger charge is -2.42. The van der Waals surface area contributed by atoms with E-state index in [0.717, 1.165) is 25.7 Å². The molecule has 1 aromatic carbocycles. The van der Waals surface area contributed by atoms with Crippen LogP contribution in [0.4, 0.5) is 13.2 Å². The lowest BCUT2D eigenvalue weighted by atomic mass is 9.75. The summed E-state index contributed by atoms with van der Waals surface area (Å²) in [5.74, 6) is -0.896. The summed E-state index contributed by atoms with van der Waals surface area (Å²) in [6, 6.07) is 5.72. The van der Waals surface area contributed by atoms with Crippen LogP contribution < -0.4 is 5.46 Å². The van der Waals surface area contributed by atoms with Gasteiger partial charge in [0.1, 0.15) is 6.04 Å². The normalized spacial score (nSPS) is 21.8. The smallest absolute Gasteiger partial charge is 0.399 e. The largest absolute Gasteiger partial charge is 0.494 e. The maximum atomic E-state index is 13.5. The number of amides is 2. The maximum absolute atomic E-state index is 13.5. The summed E-state index contributed by atoms with van der Waals surface area (Å²) >= 11 is 0. The topological polar surface area (TPSA) is 59.1 Å². The molecule has 0 aromatic heterocycles. The van der Waals surface area contributed by atoms with Crippen molar-refractivity contribution in [2.45, 2.75) is 96.6 Å². The second-order valence-electron chi connectivity index (χ2n) is 9.68. The van der Waals surface area contributed by atoms with Gasteiger partial charge in [0.2, 0.25) is 5.91 Å². The van der Waals surface area contributed by atoms with E-state index in [0.29, 0.717) is 24.1 Å². The molecule has 0 saturated carbocycles. The molecule has 200 valence electrons. The quantitative estimate of drug-likeness (QED) is 0.457. The Morgan fingerprint density at radius 3 is 2.11 bits per heavy atom. The molecule has 6 nitrogen and oxygen atoms in total. The molecule has 0 radical (unpaired) electrons. The predicted molar refractivity (Wildman–Crippen MR) is 133 cm³/mol. The van der Waals surface area contributed by atoms with E-state index in [9.17, 15) is 22.8 Å². The molecule has 0 aliphatic carbocycles. The van der Waals surface area contributed by atoms with Crippen molar-refractivity contribution in [3.05, 3.63) is 29.8 Å². The van der Waals surface area contributed by atoms with Crippen LogP contribution in [0.15, 0.2) is 24.3 Å². The number of rotatable bonds is 9. The fourth-order valence-corrected chi connectivity index (χ4v) is 5.87. The van der Waals surface area contributed by atoms with Crippen molar-refractivity contribution in [3.8, 4) is 0 Å². The highest BCUT2D eigenvalue weighted by molar-refractivity contribution is 6.62. The van der Waals surface area contributed by atoms with Gasteiger partial charge in [-0.2, -0.15) is 13.2 Å². The van der Waals surface area contributed by atoms with Crippen molar-refractivity contribution in [2.24, 2.45) is 0 Å². The van der Waals surface area contributed by atoms with Gasteiger partial charge in [-0.15, -0.1) is 0 Å². The van der Waals surface area contributed by atoms with Gasteiger partial charge in [0.05, 0.1) is 11.2 Å². The van der Waals surface area contributed by atoms with E-state index < -0.39 is 55.2 Å². The number of carbonyl (C=O) groups excluding carboxylic acids is 2. The van der Waals surface area contributed by atoms with E-state index in [2.05, 4.69) is 27.7 Å². The van der Waals surface area contributed by atoms with Crippen LogP contribution >= 0.6 is 0 Å². The number of hydrogen-bond donors (Lipinski definition) is 0. The molecule has 36 heavy (non-hydrogen) atoms. The maximum Gasteiger partial charge on any atom is 0.494 e. The molecule has 10 heteroatoms. The monoisotopic (exact) mass is 510 g/mol. The Morgan fingerprint density at radius 2 is 1.61 bits per heavy atom. The van der Waals surface area contributed by atoms with Crippen LogP contribution in [0.3, 0.4) is 0 Å². The van der Waals surface area contributed by atoms with E-state index in [4.69, 9.17) is 9.31 Å². The summed E-state index contributed by atoms with van der Waals surface area (Å²) < 4.78 is 52.0. The van der Waals surface area contributed by atoms with Crippen LogP contribution in [-0.4, -0.2) is 71.8 Å². The van der Waals surface area contributed by atoms with Gasteiger partial charge in [0.25, 0.3) is 5.91 Å². The molecule has 0 N–H and O–H groups in total. The average molecular weight is 510 g/mol. The fourth-order valence-electron chi connectivity index (χ4n) is 5.87. The van der Waals surface area contributed by atoms with Gasteiger partial charge < -0.3 is 19.1 Å². The van der Waals surface area contributed by atoms with Crippen LogP contribution in [0, 0.1) is 0 Å². The van der Waals surface area contributed by atoms with E-state index in [1.165, 1.54) is 9.80 Å². The first kappa shape index (κ1) is 28.5. The average Bonchev–Trinajstić information content (AvgIpc) is 3.22. The summed E-state index contributed by atoms with van der Waals surface area (Å²) in [6.45, 7) is 11.0. The summed E-state index contributed by atoms with van der Waals surface area (Å²) in [4.78, 5) is 29.2. The minimum absolute atomic E-state index is 0.186. The van der Waals surface area contributed by atoms with Gasteiger partial charge in [-0.3, -0.25) is 9.59 Å². The van der Waals surface area contributed by atoms with Gasteiger partial charge in [0.15, 0.2) is 0 Å². The van der Waals surface area contributed by atoms with Crippen molar-refractivity contribution in [1.29, 1.82) is 0 Å². The molecule has 2 fully saturated rings. The summed E-state index contributed by atoms with van der Waals surface area (Å²) in [5.41, 5.74) is 0.0827. The summed E-state index contributed by atoms with van der Waals surface area (Å²) in [6.07, 6.45) is -2.85. The van der Waals surface area contributed by atoms with Gasteiger partial charge in [-0.25, -0.2) is 0 Å². The minimum Gasteiger partial charge on any atom is -0.399 e. The fraction of sp³-hybridized carbons (Fsp3) is 0.692. The first-order chi connectivity index (χ1) is 17.0. The molecule has 3 rings (SSSR count). The lowest BCUT2D eigenvalue weighted by molar-refractivity contribution is -0.149. The van der Waals surface area contributed by atoms with Crippen LogP contribution in [-0.2, 0) is 14.1 Å². The van der Waals surface area contributed by atoms with Gasteiger partial charge in [0, 0.05) is 31.6 Å². The first-order valence-electron chi connectivity index (χ1n) is 13.1. The molecule has 1 aromatic rings. The van der Waals surface area contributed by atoms with Gasteiger partial charge in [-0.1, -0.05) is 39.8 Å². The molecule has 2 saturated heterocycles. The predicted octanol–water partition coefficient (Wildman–Crippen LogP) is 4.56. The van der Waals surface area contributed by atoms with Crippen molar-refractivity contribution in [2.75, 3.05) is 19.6 Å². The number of halogens is 3. The Kier molecular flexibility index (Phi) is 8.81. The zero-order valence-corrected chi connectivity index (χ0v) is 22.0. The Bertz CT molecular complexity index is 914. The molecule has 2 amide bonds. The molecule has 2 heterocycles. The number of likely N-dealkylation sites (N-methyl/N-ethyl adjacent to an activating group) is 1. The number of carbonyl (C=O) groups is 2. The number of benzene rings is 1. The van der Waals surface area contributed by atoms with Crippen LogP contribution in [0.25, 0.3) is 0 Å². The van der Waals surface area contributed by atoms with E-state index >= 15 is 0 Å². The van der Waals surface area contributed by atoms with E-state index in [1.54, 1.807) is 25.1 Å². The SMILES string of the molecule is CCN1CCN(C(=O)c2cccc(B3OC(CC)(CC)C(CC)(CC)O3)c2)C(CCC(F)(F)F)C1=O. The molecule has 2 aliphatic heterocycles. The standard InChI is InChI=1S/C26H38BF3N2O4/c1-6-24(7-2)25(8-3,9-4)36-27(35-24)20-13-11-12-19(18-20)22(33)32-17-16-31(10-5)23(34)21(32)14-15-26(28,29)30/h11-13,18,21H,6-10,14-17H2,1-5H3. The van der Waals surface area contributed by atoms with E-state index in [-0.39, 0.29) is 6.54 Å². The molecule has 0 bridgehead atoms. The van der Waals surface area contributed by atoms with Gasteiger partial charge >= 0.3 is 13.3 Å². The molecule has 0 spiro atoms. The second kappa shape index (κ2) is 11.1. The van der Waals surface area contributed by atoms with Crippen LogP contribution in [0.5, 0.6) is 0 Å². The Morgan fingerprint density at radius 1 is 1.03 bits per heavy atom. The van der Waals surface area contributed by atoms with E-state index in [1.807, 2.05) is 6.07 Å². The van der Waals surface area contributed by atoms with Crippen LogP contribution in [0.1, 0.15) is 83.5 Å². The number of nitrogens with zero attached hydrogens (tertiary/aromatic N) is 2. The molecular weight excluding hydrogens is 472 g/mol. The van der Waals surface area contributed by atoms with Crippen molar-refractivity contribution in [1.82, 2.24) is 9.80 Å². The zero-order valence-electron chi connectivity index (χ0n) is 22.0. The minimum atomic E-state index is -4.41. The first-order valence-corrected chi connectivity index (χ1v) is 13.1. The zero-order chi connectivity index (χ0) is 26.7. The van der Waals surface area contributed by atoms with Crippen molar-refractivity contribution in [3.63, 3.8) is 0 Å². The Hall–Kier alpha value is -2.07. The number of hydrogen-bond acceptors (Lipinski definition) is 4. The third-order valence-corrected chi connectivity index (χ3v) is 8.11. The summed E-state index contributed by atoms with van der Waals surface area (Å²) in [7, 11) is -0.655.